The average Bonchev–Trinajstić information content (AvgIpc) is 2.31. The van der Waals surface area contributed by atoms with E-state index in [0.717, 1.165) is 0 Å². The number of aromatic hydroxyl groups is 1. The van der Waals surface area contributed by atoms with Gasteiger partial charge in [-0.1, -0.05) is 36.4 Å². The Hall–Kier alpha value is -2.49. The van der Waals surface area contributed by atoms with E-state index in [4.69, 9.17) is 10.2 Å². The molecular weight excluding hydrogens is 218 g/mol. The standard InChI is InChI=1S/C7H7NO2.C6H6O/c9-7(10)8-6-4-2-1-3-5-6;7-6-4-2-1-3-5-6/h1-5,8H,(H,9,10);1-5,7H. The van der Waals surface area contributed by atoms with Gasteiger partial charge in [0.15, 0.2) is 0 Å². The van der Waals surface area contributed by atoms with Crippen molar-refractivity contribution in [1.29, 1.82) is 0 Å². The monoisotopic (exact) mass is 231 g/mol. The Labute approximate surface area is 99.2 Å². The average molecular weight is 231 g/mol. The maximum atomic E-state index is 10.1. The molecule has 0 aliphatic heterocycles. The Morgan fingerprint density at radius 3 is 1.71 bits per heavy atom. The number of rotatable bonds is 1. The lowest BCUT2D eigenvalue weighted by Crippen LogP contribution is -2.06. The highest BCUT2D eigenvalue weighted by Gasteiger charge is 1.93. The van der Waals surface area contributed by atoms with Crippen molar-refractivity contribution in [2.45, 2.75) is 0 Å². The quantitative estimate of drug-likeness (QED) is 0.706. The van der Waals surface area contributed by atoms with Gasteiger partial charge >= 0.3 is 6.09 Å². The van der Waals surface area contributed by atoms with Crippen LogP contribution in [0.25, 0.3) is 0 Å². The van der Waals surface area contributed by atoms with Crippen molar-refractivity contribution in [1.82, 2.24) is 0 Å². The molecule has 2 aromatic rings. The van der Waals surface area contributed by atoms with Gasteiger partial charge < -0.3 is 10.2 Å². The van der Waals surface area contributed by atoms with Crippen LogP contribution in [0.5, 0.6) is 5.75 Å². The van der Waals surface area contributed by atoms with Crippen LogP contribution >= 0.6 is 0 Å². The molecule has 0 aliphatic rings. The fraction of sp³-hybridized carbons (Fsp3) is 0. The van der Waals surface area contributed by atoms with E-state index in [0.29, 0.717) is 11.4 Å². The van der Waals surface area contributed by atoms with Crippen LogP contribution in [0, 0.1) is 0 Å². The Bertz CT molecular complexity index is 443. The Morgan fingerprint density at radius 2 is 1.35 bits per heavy atom. The van der Waals surface area contributed by atoms with Crippen molar-refractivity contribution < 1.29 is 15.0 Å². The number of para-hydroxylation sites is 2. The summed E-state index contributed by atoms with van der Waals surface area (Å²) in [7, 11) is 0. The molecule has 0 saturated carbocycles. The summed E-state index contributed by atoms with van der Waals surface area (Å²) in [6, 6.07) is 17.5. The zero-order valence-corrected chi connectivity index (χ0v) is 9.08. The highest BCUT2D eigenvalue weighted by molar-refractivity contribution is 5.82. The summed E-state index contributed by atoms with van der Waals surface area (Å²) < 4.78 is 0. The summed E-state index contributed by atoms with van der Waals surface area (Å²) in [5.74, 6) is 0.322. The first-order chi connectivity index (χ1) is 8.18. The number of phenolic OH excluding ortho intramolecular Hbond substituents is 1. The minimum atomic E-state index is -1.04. The third-order valence-corrected chi connectivity index (χ3v) is 1.78. The van der Waals surface area contributed by atoms with E-state index in [9.17, 15) is 4.79 Å². The van der Waals surface area contributed by atoms with E-state index in [1.807, 2.05) is 12.1 Å². The molecular formula is C13H13NO3. The van der Waals surface area contributed by atoms with Gasteiger partial charge in [0.05, 0.1) is 0 Å². The molecule has 0 saturated heterocycles. The normalized spacial score (nSPS) is 8.71. The number of hydrogen-bond acceptors (Lipinski definition) is 2. The number of phenols is 1. The molecule has 0 aromatic heterocycles. The van der Waals surface area contributed by atoms with Crippen LogP contribution in [0.3, 0.4) is 0 Å². The van der Waals surface area contributed by atoms with E-state index in [1.54, 1.807) is 48.5 Å². The Kier molecular flexibility index (Phi) is 5.10. The van der Waals surface area contributed by atoms with E-state index in [-0.39, 0.29) is 0 Å². The Morgan fingerprint density at radius 1 is 0.882 bits per heavy atom. The second-order valence-corrected chi connectivity index (χ2v) is 3.13. The molecule has 88 valence electrons. The number of anilines is 1. The van der Waals surface area contributed by atoms with Gasteiger partial charge in [0, 0.05) is 5.69 Å². The second-order valence-electron chi connectivity index (χ2n) is 3.13. The van der Waals surface area contributed by atoms with Crippen LogP contribution in [-0.4, -0.2) is 16.3 Å². The predicted octanol–water partition coefficient (Wildman–Crippen LogP) is 3.17. The molecule has 0 radical (unpaired) electrons. The molecule has 2 rings (SSSR count). The number of hydrogen-bond donors (Lipinski definition) is 3. The van der Waals surface area contributed by atoms with Gasteiger partial charge in [-0.2, -0.15) is 0 Å². The zero-order chi connectivity index (χ0) is 12.5. The van der Waals surface area contributed by atoms with Gasteiger partial charge in [0.25, 0.3) is 0 Å². The lowest BCUT2D eigenvalue weighted by molar-refractivity contribution is 0.210. The summed E-state index contributed by atoms with van der Waals surface area (Å²) in [6.07, 6.45) is -1.04. The molecule has 0 bridgehead atoms. The van der Waals surface area contributed by atoms with Crippen molar-refractivity contribution in [2.24, 2.45) is 0 Å². The number of benzene rings is 2. The second kappa shape index (κ2) is 6.90. The van der Waals surface area contributed by atoms with Crippen molar-refractivity contribution in [2.75, 3.05) is 5.32 Å². The van der Waals surface area contributed by atoms with E-state index < -0.39 is 6.09 Å². The largest absolute Gasteiger partial charge is 0.508 e. The summed E-state index contributed by atoms with van der Waals surface area (Å²) >= 11 is 0. The van der Waals surface area contributed by atoms with Crippen LogP contribution in [0.2, 0.25) is 0 Å². The molecule has 0 unspecified atom stereocenters. The molecule has 3 N–H and O–H groups in total. The molecule has 0 aliphatic carbocycles. The summed E-state index contributed by atoms with van der Waals surface area (Å²) in [6.45, 7) is 0. The van der Waals surface area contributed by atoms with E-state index in [2.05, 4.69) is 5.32 Å². The van der Waals surface area contributed by atoms with Crippen molar-refractivity contribution in [3.63, 3.8) is 0 Å². The molecule has 4 heteroatoms. The SMILES string of the molecule is O=C(O)Nc1ccccc1.Oc1ccccc1. The Balaban J connectivity index is 0.000000181. The highest BCUT2D eigenvalue weighted by atomic mass is 16.4. The minimum Gasteiger partial charge on any atom is -0.508 e. The van der Waals surface area contributed by atoms with Gasteiger partial charge in [-0.15, -0.1) is 0 Å². The summed E-state index contributed by atoms with van der Waals surface area (Å²) in [4.78, 5) is 10.1. The third-order valence-electron chi connectivity index (χ3n) is 1.78. The van der Waals surface area contributed by atoms with E-state index >= 15 is 0 Å². The lowest BCUT2D eigenvalue weighted by atomic mass is 10.3. The molecule has 1 amide bonds. The number of nitrogens with one attached hydrogen (secondary N) is 1. The fourth-order valence-corrected chi connectivity index (χ4v) is 1.07. The first kappa shape index (κ1) is 12.6. The predicted molar refractivity (Wildman–Crippen MR) is 66.2 cm³/mol. The summed E-state index contributed by atoms with van der Waals surface area (Å²) in [5.41, 5.74) is 0.593. The van der Waals surface area contributed by atoms with Crippen molar-refractivity contribution in [3.05, 3.63) is 60.7 Å². The molecule has 17 heavy (non-hydrogen) atoms. The van der Waals surface area contributed by atoms with Crippen LogP contribution in [0.1, 0.15) is 0 Å². The third kappa shape index (κ3) is 5.84. The van der Waals surface area contributed by atoms with Crippen LogP contribution < -0.4 is 5.32 Å². The van der Waals surface area contributed by atoms with Crippen LogP contribution in [0.4, 0.5) is 10.5 Å². The first-order valence-corrected chi connectivity index (χ1v) is 4.97. The molecule has 2 aromatic carbocycles. The van der Waals surface area contributed by atoms with Gasteiger partial charge in [-0.25, -0.2) is 4.79 Å². The fourth-order valence-electron chi connectivity index (χ4n) is 1.07. The van der Waals surface area contributed by atoms with Crippen molar-refractivity contribution >= 4 is 11.8 Å². The minimum absolute atomic E-state index is 0.322. The van der Waals surface area contributed by atoms with Crippen LogP contribution in [-0.2, 0) is 0 Å². The van der Waals surface area contributed by atoms with Crippen LogP contribution in [0.15, 0.2) is 60.7 Å². The van der Waals surface area contributed by atoms with Gasteiger partial charge in [-0.05, 0) is 24.3 Å². The molecule has 0 spiro atoms. The highest BCUT2D eigenvalue weighted by Crippen LogP contribution is 2.03. The van der Waals surface area contributed by atoms with Gasteiger partial charge in [0.1, 0.15) is 5.75 Å². The molecule has 0 fully saturated rings. The smallest absolute Gasteiger partial charge is 0.409 e. The van der Waals surface area contributed by atoms with E-state index in [1.165, 1.54) is 0 Å². The van der Waals surface area contributed by atoms with Gasteiger partial charge in [0.2, 0.25) is 0 Å². The topological polar surface area (TPSA) is 69.6 Å². The maximum Gasteiger partial charge on any atom is 0.409 e. The molecule has 0 heterocycles. The zero-order valence-electron chi connectivity index (χ0n) is 9.08. The number of carbonyl (C=O) groups is 1. The van der Waals surface area contributed by atoms with Crippen molar-refractivity contribution in [3.8, 4) is 5.75 Å². The number of carboxylic acid groups (broad SMARTS) is 1. The molecule has 4 nitrogen and oxygen atoms in total. The number of amides is 1. The van der Waals surface area contributed by atoms with Gasteiger partial charge in [-0.3, -0.25) is 5.32 Å². The first-order valence-electron chi connectivity index (χ1n) is 4.97. The summed E-state index contributed by atoms with van der Waals surface area (Å²) in [5, 5.41) is 19.1. The lowest BCUT2D eigenvalue weighted by Gasteiger charge is -1.96. The molecule has 0 atom stereocenters. The maximum absolute atomic E-state index is 10.1.